The molecule has 0 spiro atoms. The van der Waals surface area contributed by atoms with Gasteiger partial charge in [0.05, 0.1) is 18.4 Å². The molecule has 4 heterocycles. The summed E-state index contributed by atoms with van der Waals surface area (Å²) < 4.78 is 10.8. The summed E-state index contributed by atoms with van der Waals surface area (Å²) in [7, 11) is 0. The molecule has 0 saturated heterocycles. The van der Waals surface area contributed by atoms with Crippen molar-refractivity contribution in [1.82, 2.24) is 15.2 Å². The first-order valence-electron chi connectivity index (χ1n) is 7.36. The van der Waals surface area contributed by atoms with Crippen LogP contribution in [0.25, 0.3) is 21.5 Å². The summed E-state index contributed by atoms with van der Waals surface area (Å²) in [6.45, 7) is 1.88. The van der Waals surface area contributed by atoms with E-state index in [0.717, 1.165) is 10.8 Å². The number of aryl methyl sites for hydroxylation is 1. The molecule has 0 bridgehead atoms. The zero-order valence-electron chi connectivity index (χ0n) is 13.1. The van der Waals surface area contributed by atoms with Crippen LogP contribution in [-0.2, 0) is 11.2 Å². The number of amides is 1. The zero-order valence-corrected chi connectivity index (χ0v) is 14.7. The summed E-state index contributed by atoms with van der Waals surface area (Å²) in [6, 6.07) is 7.32. The smallest absolute Gasteiger partial charge is 0.232 e. The van der Waals surface area contributed by atoms with Gasteiger partial charge in [-0.25, -0.2) is 4.98 Å². The molecular formula is C16H12N4O3S2. The Morgan fingerprint density at radius 1 is 1.20 bits per heavy atom. The number of carbonyl (C=O) groups is 1. The molecule has 0 aromatic carbocycles. The van der Waals surface area contributed by atoms with E-state index < -0.39 is 0 Å². The lowest BCUT2D eigenvalue weighted by Gasteiger charge is -1.97. The van der Waals surface area contributed by atoms with Gasteiger partial charge in [0.25, 0.3) is 0 Å². The Kier molecular flexibility index (Phi) is 4.16. The molecule has 0 atom stereocenters. The Morgan fingerprint density at radius 3 is 2.88 bits per heavy atom. The van der Waals surface area contributed by atoms with Gasteiger partial charge in [-0.2, -0.15) is 0 Å². The van der Waals surface area contributed by atoms with Crippen molar-refractivity contribution in [1.29, 1.82) is 0 Å². The van der Waals surface area contributed by atoms with Crippen LogP contribution in [0.4, 0.5) is 5.13 Å². The number of hydrogen-bond donors (Lipinski definition) is 1. The highest BCUT2D eigenvalue weighted by Gasteiger charge is 2.14. The largest absolute Gasteiger partial charge is 0.462 e. The van der Waals surface area contributed by atoms with Crippen molar-refractivity contribution >= 4 is 33.7 Å². The number of carbonyl (C=O) groups excluding carboxylic acids is 1. The number of hydrogen-bond acceptors (Lipinski definition) is 8. The first-order valence-corrected chi connectivity index (χ1v) is 9.05. The van der Waals surface area contributed by atoms with Crippen LogP contribution >= 0.6 is 22.7 Å². The van der Waals surface area contributed by atoms with Crippen LogP contribution in [0.2, 0.25) is 0 Å². The van der Waals surface area contributed by atoms with E-state index in [1.54, 1.807) is 18.4 Å². The van der Waals surface area contributed by atoms with Gasteiger partial charge in [-0.05, 0) is 31.2 Å². The molecule has 0 radical (unpaired) electrons. The third-order valence-corrected chi connectivity index (χ3v) is 5.01. The maximum atomic E-state index is 12.2. The number of nitrogens with zero attached hydrogens (tertiary/aromatic N) is 3. The third-order valence-electron chi connectivity index (χ3n) is 3.25. The highest BCUT2D eigenvalue weighted by Crippen LogP contribution is 2.27. The summed E-state index contributed by atoms with van der Waals surface area (Å²) in [5.74, 6) is 1.96. The SMILES string of the molecule is Cc1ccc(-c2nc(CC(=O)Nc3nnc(-c4ccco4)s3)cs2)o1. The van der Waals surface area contributed by atoms with Gasteiger partial charge in [0.15, 0.2) is 21.5 Å². The normalized spacial score (nSPS) is 10.9. The molecule has 0 unspecified atom stereocenters. The molecule has 1 amide bonds. The molecule has 0 aliphatic heterocycles. The second-order valence-electron chi connectivity index (χ2n) is 5.17. The molecule has 7 nitrogen and oxygen atoms in total. The van der Waals surface area contributed by atoms with Gasteiger partial charge in [-0.1, -0.05) is 11.3 Å². The van der Waals surface area contributed by atoms with Crippen molar-refractivity contribution < 1.29 is 13.6 Å². The molecule has 4 rings (SSSR count). The average molecular weight is 372 g/mol. The second kappa shape index (κ2) is 6.61. The summed E-state index contributed by atoms with van der Waals surface area (Å²) in [6.07, 6.45) is 1.72. The molecule has 0 aliphatic carbocycles. The number of aromatic nitrogens is 3. The van der Waals surface area contributed by atoms with E-state index in [1.807, 2.05) is 24.4 Å². The standard InChI is InChI=1S/C16H12N4O3S2/c1-9-4-5-12(23-9)14-17-10(8-24-14)7-13(21)18-16-20-19-15(25-16)11-3-2-6-22-11/h2-6,8H,7H2,1H3,(H,18,20,21). The third kappa shape index (κ3) is 3.52. The highest BCUT2D eigenvalue weighted by atomic mass is 32.1. The topological polar surface area (TPSA) is 94.1 Å². The minimum atomic E-state index is -0.199. The molecule has 1 N–H and O–H groups in total. The zero-order chi connectivity index (χ0) is 17.2. The van der Waals surface area contributed by atoms with Gasteiger partial charge >= 0.3 is 0 Å². The minimum absolute atomic E-state index is 0.159. The number of anilines is 1. The number of nitrogens with one attached hydrogen (secondary N) is 1. The molecule has 0 saturated carbocycles. The van der Waals surface area contributed by atoms with Crippen LogP contribution in [0.1, 0.15) is 11.5 Å². The van der Waals surface area contributed by atoms with E-state index in [0.29, 0.717) is 27.4 Å². The van der Waals surface area contributed by atoms with E-state index in [4.69, 9.17) is 8.83 Å². The first kappa shape index (κ1) is 15.7. The van der Waals surface area contributed by atoms with Crippen LogP contribution in [0, 0.1) is 6.92 Å². The monoisotopic (exact) mass is 372 g/mol. The Balaban J connectivity index is 1.40. The van der Waals surface area contributed by atoms with Crippen LogP contribution in [-0.4, -0.2) is 21.1 Å². The molecule has 4 aromatic heterocycles. The van der Waals surface area contributed by atoms with Crippen molar-refractivity contribution in [2.75, 3.05) is 5.32 Å². The number of furan rings is 2. The van der Waals surface area contributed by atoms with E-state index in [-0.39, 0.29) is 12.3 Å². The summed E-state index contributed by atoms with van der Waals surface area (Å²) >= 11 is 2.70. The summed E-state index contributed by atoms with van der Waals surface area (Å²) in [5.41, 5.74) is 0.683. The van der Waals surface area contributed by atoms with Crippen molar-refractivity contribution in [2.45, 2.75) is 13.3 Å². The van der Waals surface area contributed by atoms with Crippen LogP contribution < -0.4 is 5.32 Å². The van der Waals surface area contributed by atoms with E-state index >= 15 is 0 Å². The van der Waals surface area contributed by atoms with Gasteiger partial charge in [-0.3, -0.25) is 4.79 Å². The Bertz CT molecular complexity index is 1000. The Morgan fingerprint density at radius 2 is 2.12 bits per heavy atom. The van der Waals surface area contributed by atoms with Crippen molar-refractivity contribution in [3.8, 4) is 21.5 Å². The van der Waals surface area contributed by atoms with E-state index in [1.165, 1.54) is 22.7 Å². The molecule has 25 heavy (non-hydrogen) atoms. The van der Waals surface area contributed by atoms with Gasteiger partial charge in [0, 0.05) is 5.38 Å². The predicted molar refractivity (Wildman–Crippen MR) is 94.5 cm³/mol. The average Bonchev–Trinajstić information content (AvgIpc) is 3.34. The Hall–Kier alpha value is -2.78. The second-order valence-corrected chi connectivity index (χ2v) is 7.00. The fraction of sp³-hybridized carbons (Fsp3) is 0.125. The lowest BCUT2D eigenvalue weighted by atomic mass is 10.3. The highest BCUT2D eigenvalue weighted by molar-refractivity contribution is 7.18. The van der Waals surface area contributed by atoms with Crippen LogP contribution in [0.15, 0.2) is 44.7 Å². The molecule has 0 aliphatic rings. The molecule has 4 aromatic rings. The maximum absolute atomic E-state index is 12.2. The first-order chi connectivity index (χ1) is 12.2. The summed E-state index contributed by atoms with van der Waals surface area (Å²) in [5, 5.41) is 14.3. The van der Waals surface area contributed by atoms with Crippen molar-refractivity contribution in [2.24, 2.45) is 0 Å². The number of thiazole rings is 1. The van der Waals surface area contributed by atoms with Gasteiger partial charge in [0.2, 0.25) is 11.0 Å². The fourth-order valence-corrected chi connectivity index (χ4v) is 3.66. The predicted octanol–water partition coefficient (Wildman–Crippen LogP) is 4.00. The minimum Gasteiger partial charge on any atom is -0.462 e. The van der Waals surface area contributed by atoms with Crippen molar-refractivity contribution in [3.05, 3.63) is 47.4 Å². The molecular weight excluding hydrogens is 360 g/mol. The Labute approximate surface area is 150 Å². The molecule has 0 fully saturated rings. The fourth-order valence-electron chi connectivity index (χ4n) is 2.15. The molecule has 126 valence electrons. The van der Waals surface area contributed by atoms with Crippen LogP contribution in [0.5, 0.6) is 0 Å². The van der Waals surface area contributed by atoms with Gasteiger partial charge in [-0.15, -0.1) is 21.5 Å². The van der Waals surface area contributed by atoms with Gasteiger partial charge in [0.1, 0.15) is 5.76 Å². The van der Waals surface area contributed by atoms with E-state index in [9.17, 15) is 4.79 Å². The van der Waals surface area contributed by atoms with Crippen LogP contribution in [0.3, 0.4) is 0 Å². The lowest BCUT2D eigenvalue weighted by Crippen LogP contribution is -2.14. The van der Waals surface area contributed by atoms with Crippen molar-refractivity contribution in [3.63, 3.8) is 0 Å². The van der Waals surface area contributed by atoms with E-state index in [2.05, 4.69) is 20.5 Å². The lowest BCUT2D eigenvalue weighted by molar-refractivity contribution is -0.115. The quantitative estimate of drug-likeness (QED) is 0.569. The maximum Gasteiger partial charge on any atom is 0.232 e. The van der Waals surface area contributed by atoms with Gasteiger partial charge < -0.3 is 14.2 Å². The molecule has 9 heteroatoms. The number of rotatable bonds is 5. The summed E-state index contributed by atoms with van der Waals surface area (Å²) in [4.78, 5) is 16.6.